The lowest BCUT2D eigenvalue weighted by atomic mass is 10.3. The number of halogens is 3. The molecule has 1 aromatic carbocycles. The maximum atomic E-state index is 12.7. The first kappa shape index (κ1) is 10.3. The summed E-state index contributed by atoms with van der Waals surface area (Å²) in [4.78, 5) is 10.5. The molecule has 0 N–H and O–H groups in total. The Hall–Kier alpha value is -0.800. The molecule has 0 fully saturated rings. The van der Waals surface area contributed by atoms with Gasteiger partial charge in [-0.1, -0.05) is 23.2 Å². The lowest BCUT2D eigenvalue weighted by Gasteiger charge is -2.04. The second-order valence-corrected chi connectivity index (χ2v) is 3.10. The number of carbonyl (C=O) groups is 1. The minimum atomic E-state index is -0.650. The van der Waals surface area contributed by atoms with Crippen molar-refractivity contribution in [1.82, 2.24) is 0 Å². The van der Waals surface area contributed by atoms with Crippen molar-refractivity contribution in [3.8, 4) is 5.75 Å². The fraction of sp³-hybridized carbons (Fsp3) is 0.125. The molecule has 0 spiro atoms. The van der Waals surface area contributed by atoms with Gasteiger partial charge in [-0.05, 0) is 6.07 Å². The smallest absolute Gasteiger partial charge is 0.308 e. The highest BCUT2D eigenvalue weighted by Gasteiger charge is 2.09. The first-order chi connectivity index (χ1) is 6.00. The molecule has 0 aliphatic heterocycles. The summed E-state index contributed by atoms with van der Waals surface area (Å²) in [5.74, 6) is -1.13. The zero-order valence-corrected chi connectivity index (χ0v) is 8.12. The standard InChI is InChI=1S/C8H5Cl2FO2/c1-4(12)13-8-3-5(9)7(11)2-6(8)10/h2-3H,1H3. The number of esters is 1. The van der Waals surface area contributed by atoms with Gasteiger partial charge in [0.05, 0.1) is 10.0 Å². The molecule has 0 unspecified atom stereocenters. The van der Waals surface area contributed by atoms with Gasteiger partial charge in [-0.15, -0.1) is 0 Å². The van der Waals surface area contributed by atoms with Gasteiger partial charge in [0.15, 0.2) is 5.75 Å². The number of benzene rings is 1. The largest absolute Gasteiger partial charge is 0.425 e. The van der Waals surface area contributed by atoms with Crippen molar-refractivity contribution in [3.05, 3.63) is 28.0 Å². The monoisotopic (exact) mass is 222 g/mol. The van der Waals surface area contributed by atoms with Crippen LogP contribution in [-0.2, 0) is 4.79 Å². The van der Waals surface area contributed by atoms with Crippen LogP contribution in [0.2, 0.25) is 10.0 Å². The number of hydrogen-bond acceptors (Lipinski definition) is 2. The number of ether oxygens (including phenoxy) is 1. The molecule has 0 saturated heterocycles. The summed E-state index contributed by atoms with van der Waals surface area (Å²) < 4.78 is 17.4. The van der Waals surface area contributed by atoms with Crippen molar-refractivity contribution in [1.29, 1.82) is 0 Å². The summed E-state index contributed by atoms with van der Waals surface area (Å²) in [6, 6.07) is 2.14. The average molecular weight is 223 g/mol. The molecule has 0 aliphatic carbocycles. The van der Waals surface area contributed by atoms with Crippen LogP contribution in [0.25, 0.3) is 0 Å². The summed E-state index contributed by atoms with van der Waals surface area (Å²) in [6.07, 6.45) is 0. The van der Waals surface area contributed by atoms with E-state index in [1.54, 1.807) is 0 Å². The molecule has 0 aromatic heterocycles. The molecule has 0 heterocycles. The van der Waals surface area contributed by atoms with Crippen molar-refractivity contribution in [2.45, 2.75) is 6.92 Å². The van der Waals surface area contributed by atoms with Crippen LogP contribution >= 0.6 is 23.2 Å². The van der Waals surface area contributed by atoms with Gasteiger partial charge in [-0.25, -0.2) is 4.39 Å². The molecule has 0 amide bonds. The van der Waals surface area contributed by atoms with Crippen LogP contribution in [0.15, 0.2) is 12.1 Å². The molecule has 0 radical (unpaired) electrons. The van der Waals surface area contributed by atoms with Crippen LogP contribution in [0.3, 0.4) is 0 Å². The first-order valence-electron chi connectivity index (χ1n) is 3.33. The third-order valence-corrected chi connectivity index (χ3v) is 1.81. The minimum absolute atomic E-state index is 0.0112. The average Bonchev–Trinajstić information content (AvgIpc) is 1.99. The Bertz CT molecular complexity index is 352. The molecule has 2 nitrogen and oxygen atoms in total. The van der Waals surface area contributed by atoms with Crippen molar-refractivity contribution in [2.24, 2.45) is 0 Å². The topological polar surface area (TPSA) is 26.3 Å². The van der Waals surface area contributed by atoms with Gasteiger partial charge in [-0.3, -0.25) is 4.79 Å². The Kier molecular flexibility index (Phi) is 3.12. The Morgan fingerprint density at radius 3 is 2.54 bits per heavy atom. The normalized spacial score (nSPS) is 9.85. The van der Waals surface area contributed by atoms with Crippen LogP contribution in [0.4, 0.5) is 4.39 Å². The molecule has 0 bridgehead atoms. The van der Waals surface area contributed by atoms with E-state index in [0.717, 1.165) is 12.1 Å². The van der Waals surface area contributed by atoms with Crippen LogP contribution in [0.5, 0.6) is 5.75 Å². The minimum Gasteiger partial charge on any atom is -0.425 e. The van der Waals surface area contributed by atoms with E-state index < -0.39 is 11.8 Å². The van der Waals surface area contributed by atoms with E-state index in [1.807, 2.05) is 0 Å². The van der Waals surface area contributed by atoms with Gasteiger partial charge in [0.1, 0.15) is 5.82 Å². The van der Waals surface area contributed by atoms with Gasteiger partial charge < -0.3 is 4.74 Å². The van der Waals surface area contributed by atoms with E-state index in [0.29, 0.717) is 0 Å². The second-order valence-electron chi connectivity index (χ2n) is 2.29. The predicted molar refractivity (Wildman–Crippen MR) is 47.7 cm³/mol. The molecule has 70 valence electrons. The molecule has 1 rings (SSSR count). The third-order valence-electron chi connectivity index (χ3n) is 1.23. The van der Waals surface area contributed by atoms with E-state index >= 15 is 0 Å². The van der Waals surface area contributed by atoms with Crippen molar-refractivity contribution in [3.63, 3.8) is 0 Å². The Balaban J connectivity index is 3.08. The van der Waals surface area contributed by atoms with Crippen molar-refractivity contribution >= 4 is 29.2 Å². The predicted octanol–water partition coefficient (Wildman–Crippen LogP) is 3.06. The Morgan fingerprint density at radius 1 is 1.38 bits per heavy atom. The second kappa shape index (κ2) is 3.94. The van der Waals surface area contributed by atoms with Gasteiger partial charge >= 0.3 is 5.97 Å². The van der Waals surface area contributed by atoms with Crippen molar-refractivity contribution in [2.75, 3.05) is 0 Å². The summed E-state index contributed by atoms with van der Waals surface area (Å²) >= 11 is 11.0. The zero-order valence-electron chi connectivity index (χ0n) is 6.61. The van der Waals surface area contributed by atoms with E-state index in [4.69, 9.17) is 23.2 Å². The summed E-state index contributed by atoms with van der Waals surface area (Å²) in [7, 11) is 0. The van der Waals surface area contributed by atoms with Gasteiger partial charge in [0.2, 0.25) is 0 Å². The van der Waals surface area contributed by atoms with E-state index in [9.17, 15) is 9.18 Å². The molecule has 0 atom stereocenters. The number of hydrogen-bond donors (Lipinski definition) is 0. The van der Waals surface area contributed by atoms with E-state index in [1.165, 1.54) is 6.92 Å². The molecule has 13 heavy (non-hydrogen) atoms. The van der Waals surface area contributed by atoms with Crippen LogP contribution in [0, 0.1) is 5.82 Å². The molecular weight excluding hydrogens is 218 g/mol. The zero-order chi connectivity index (χ0) is 10.0. The van der Waals surface area contributed by atoms with Gasteiger partial charge in [-0.2, -0.15) is 0 Å². The lowest BCUT2D eigenvalue weighted by Crippen LogP contribution is -2.02. The molecular formula is C8H5Cl2FO2. The fourth-order valence-electron chi connectivity index (χ4n) is 0.737. The quantitative estimate of drug-likeness (QED) is 0.415. The van der Waals surface area contributed by atoms with Gasteiger partial charge in [0.25, 0.3) is 0 Å². The SMILES string of the molecule is CC(=O)Oc1cc(Cl)c(F)cc1Cl. The highest BCUT2D eigenvalue weighted by atomic mass is 35.5. The summed E-state index contributed by atoms with van der Waals surface area (Å²) in [5, 5.41) is -0.127. The van der Waals surface area contributed by atoms with E-state index in [-0.39, 0.29) is 15.8 Å². The first-order valence-corrected chi connectivity index (χ1v) is 4.09. The van der Waals surface area contributed by atoms with Crippen molar-refractivity contribution < 1.29 is 13.9 Å². The van der Waals surface area contributed by atoms with E-state index in [2.05, 4.69) is 4.74 Å². The Morgan fingerprint density at radius 2 is 2.00 bits per heavy atom. The maximum Gasteiger partial charge on any atom is 0.308 e. The Labute approximate surface area is 84.2 Å². The fourth-order valence-corrected chi connectivity index (χ4v) is 1.08. The van der Waals surface area contributed by atoms with Gasteiger partial charge in [0, 0.05) is 13.0 Å². The summed E-state index contributed by atoms with van der Waals surface area (Å²) in [5.41, 5.74) is 0. The number of rotatable bonds is 1. The number of carbonyl (C=O) groups excluding carboxylic acids is 1. The molecule has 5 heteroatoms. The maximum absolute atomic E-state index is 12.7. The lowest BCUT2D eigenvalue weighted by molar-refractivity contribution is -0.131. The van der Waals surface area contributed by atoms with Crippen LogP contribution in [0.1, 0.15) is 6.92 Å². The highest BCUT2D eigenvalue weighted by molar-refractivity contribution is 6.34. The highest BCUT2D eigenvalue weighted by Crippen LogP contribution is 2.30. The third kappa shape index (κ3) is 2.57. The molecule has 1 aromatic rings. The van der Waals surface area contributed by atoms with Crippen LogP contribution in [-0.4, -0.2) is 5.97 Å². The summed E-state index contributed by atoms with van der Waals surface area (Å²) in [6.45, 7) is 1.22. The van der Waals surface area contributed by atoms with Crippen LogP contribution < -0.4 is 4.74 Å². The molecule has 0 aliphatic rings. The molecule has 0 saturated carbocycles.